The van der Waals surface area contributed by atoms with E-state index in [1.54, 1.807) is 31.3 Å². The number of hydrogen-bond donors (Lipinski definition) is 1. The number of piperidine rings is 1. The van der Waals surface area contributed by atoms with Crippen molar-refractivity contribution in [3.8, 4) is 5.75 Å². The normalized spacial score (nSPS) is 17.8. The minimum absolute atomic E-state index is 0.199. The maximum atomic E-state index is 12.5. The molecule has 2 aromatic rings. The highest BCUT2D eigenvalue weighted by Gasteiger charge is 2.30. The summed E-state index contributed by atoms with van der Waals surface area (Å²) in [6, 6.07) is 6.97. The summed E-state index contributed by atoms with van der Waals surface area (Å²) in [5.41, 5.74) is 0.0759. The molecule has 0 aliphatic carbocycles. The van der Waals surface area contributed by atoms with Crippen LogP contribution in [0.25, 0.3) is 0 Å². The summed E-state index contributed by atoms with van der Waals surface area (Å²) < 4.78 is 32.8. The van der Waals surface area contributed by atoms with Gasteiger partial charge in [-0.2, -0.15) is 5.10 Å². The third kappa shape index (κ3) is 4.67. The molecule has 11 heteroatoms. The van der Waals surface area contributed by atoms with Gasteiger partial charge in [-0.15, -0.1) is 0 Å². The van der Waals surface area contributed by atoms with Gasteiger partial charge in [-0.25, -0.2) is 22.2 Å². The fraction of sp³-hybridized carbons (Fsp3) is 0.500. The van der Waals surface area contributed by atoms with Crippen LogP contribution >= 0.6 is 0 Å². The van der Waals surface area contributed by atoms with E-state index in [2.05, 4.69) is 10.4 Å². The second-order valence-corrected chi connectivity index (χ2v) is 9.05. The summed E-state index contributed by atoms with van der Waals surface area (Å²) >= 11 is 0. The van der Waals surface area contributed by atoms with E-state index in [0.29, 0.717) is 30.2 Å². The van der Waals surface area contributed by atoms with Gasteiger partial charge in [-0.05, 0) is 25.0 Å². The molecular weight excluding hydrogens is 398 g/mol. The Morgan fingerprint density at radius 1 is 1.34 bits per heavy atom. The molecule has 1 aliphatic heterocycles. The average molecular weight is 423 g/mol. The predicted molar refractivity (Wildman–Crippen MR) is 107 cm³/mol. The highest BCUT2D eigenvalue weighted by atomic mass is 32.2. The van der Waals surface area contributed by atoms with Gasteiger partial charge in [0, 0.05) is 26.1 Å². The minimum Gasteiger partial charge on any atom is -0.495 e. The number of hydrogen-bond acceptors (Lipinski definition) is 6. The van der Waals surface area contributed by atoms with Crippen LogP contribution in [0.4, 0.5) is 5.69 Å². The molecule has 158 valence electrons. The zero-order valence-electron chi connectivity index (χ0n) is 16.7. The molecule has 1 N–H and O–H groups in total. The molecule has 10 nitrogen and oxygen atoms in total. The van der Waals surface area contributed by atoms with Crippen molar-refractivity contribution in [3.63, 3.8) is 0 Å². The molecule has 29 heavy (non-hydrogen) atoms. The lowest BCUT2D eigenvalue weighted by Gasteiger charge is -2.30. The lowest BCUT2D eigenvalue weighted by atomic mass is 9.99. The van der Waals surface area contributed by atoms with Crippen LogP contribution in [-0.2, 0) is 28.4 Å². The van der Waals surface area contributed by atoms with E-state index >= 15 is 0 Å². The van der Waals surface area contributed by atoms with Gasteiger partial charge in [0.15, 0.2) is 0 Å². The Labute approximate surface area is 169 Å². The number of anilines is 1. The molecule has 1 amide bonds. The van der Waals surface area contributed by atoms with Gasteiger partial charge in [0.25, 0.3) is 0 Å². The van der Waals surface area contributed by atoms with Crippen molar-refractivity contribution >= 4 is 21.6 Å². The van der Waals surface area contributed by atoms with Crippen molar-refractivity contribution in [3.05, 3.63) is 40.6 Å². The molecule has 0 bridgehead atoms. The second-order valence-electron chi connectivity index (χ2n) is 7.07. The number of sulfonamides is 1. The first-order valence-electron chi connectivity index (χ1n) is 9.22. The summed E-state index contributed by atoms with van der Waals surface area (Å²) in [6.45, 7) is 0.481. The molecule has 0 radical (unpaired) electrons. The van der Waals surface area contributed by atoms with Gasteiger partial charge in [-0.3, -0.25) is 9.36 Å². The number of methoxy groups -OCH3 is 1. The van der Waals surface area contributed by atoms with Crippen LogP contribution in [0.3, 0.4) is 0 Å². The highest BCUT2D eigenvalue weighted by molar-refractivity contribution is 7.88. The molecule has 1 saturated heterocycles. The first-order valence-corrected chi connectivity index (χ1v) is 11.1. The predicted octanol–water partition coefficient (Wildman–Crippen LogP) is 0.368. The van der Waals surface area contributed by atoms with Gasteiger partial charge in [0.05, 0.1) is 19.1 Å². The first-order chi connectivity index (χ1) is 13.7. The Hall–Kier alpha value is -2.66. The van der Waals surface area contributed by atoms with Crippen LogP contribution in [-0.4, -0.2) is 59.4 Å². The zero-order valence-corrected chi connectivity index (χ0v) is 17.5. The number of amides is 1. The lowest BCUT2D eigenvalue weighted by Crippen LogP contribution is -2.39. The SMILES string of the molecule is COc1ccccc1NC(=O)Cn1nc(C2CCCN(S(C)(=O)=O)C2)n(C)c1=O. The monoisotopic (exact) mass is 423 g/mol. The van der Waals surface area contributed by atoms with Crippen molar-refractivity contribution in [2.75, 3.05) is 31.8 Å². The summed E-state index contributed by atoms with van der Waals surface area (Å²) in [7, 11) is -0.221. The molecule has 1 unspecified atom stereocenters. The molecule has 1 aromatic carbocycles. The molecule has 1 fully saturated rings. The number of ether oxygens (including phenoxy) is 1. The molecule has 0 spiro atoms. The smallest absolute Gasteiger partial charge is 0.346 e. The number of para-hydroxylation sites is 2. The van der Waals surface area contributed by atoms with E-state index in [-0.39, 0.29) is 19.0 Å². The number of aromatic nitrogens is 3. The maximum Gasteiger partial charge on any atom is 0.346 e. The number of nitrogens with zero attached hydrogens (tertiary/aromatic N) is 4. The van der Waals surface area contributed by atoms with Crippen LogP contribution in [0.15, 0.2) is 29.1 Å². The Balaban J connectivity index is 1.77. The van der Waals surface area contributed by atoms with Crippen molar-refractivity contribution < 1.29 is 17.9 Å². The lowest BCUT2D eigenvalue weighted by molar-refractivity contribution is -0.117. The fourth-order valence-electron chi connectivity index (χ4n) is 3.49. The first kappa shape index (κ1) is 21.1. The summed E-state index contributed by atoms with van der Waals surface area (Å²) in [5.74, 6) is 0.379. The van der Waals surface area contributed by atoms with Gasteiger partial charge in [-0.1, -0.05) is 12.1 Å². The maximum absolute atomic E-state index is 12.5. The largest absolute Gasteiger partial charge is 0.495 e. The molecule has 0 saturated carbocycles. The minimum atomic E-state index is -3.31. The average Bonchev–Trinajstić information content (AvgIpc) is 2.96. The molecule has 1 aromatic heterocycles. The van der Waals surface area contributed by atoms with Crippen LogP contribution in [0, 0.1) is 0 Å². The topological polar surface area (TPSA) is 116 Å². The van der Waals surface area contributed by atoms with Crippen molar-refractivity contribution in [2.24, 2.45) is 7.05 Å². The Kier molecular flexibility index (Phi) is 6.08. The zero-order chi connectivity index (χ0) is 21.2. The van der Waals surface area contributed by atoms with E-state index in [4.69, 9.17) is 4.74 Å². The van der Waals surface area contributed by atoms with Crippen molar-refractivity contribution in [1.29, 1.82) is 0 Å². The third-order valence-electron chi connectivity index (χ3n) is 4.97. The van der Waals surface area contributed by atoms with Crippen LogP contribution in [0.2, 0.25) is 0 Å². The number of carbonyl (C=O) groups excluding carboxylic acids is 1. The van der Waals surface area contributed by atoms with E-state index in [9.17, 15) is 18.0 Å². The number of benzene rings is 1. The Morgan fingerprint density at radius 2 is 2.07 bits per heavy atom. The highest BCUT2D eigenvalue weighted by Crippen LogP contribution is 2.26. The molecule has 1 atom stereocenters. The molecule has 3 rings (SSSR count). The molecular formula is C18H25N5O5S. The van der Waals surface area contributed by atoms with Crippen molar-refractivity contribution in [1.82, 2.24) is 18.7 Å². The number of nitrogens with one attached hydrogen (secondary N) is 1. The van der Waals surface area contributed by atoms with Gasteiger partial charge < -0.3 is 10.1 Å². The Bertz CT molecular complexity index is 1060. The summed E-state index contributed by atoms with van der Waals surface area (Å²) in [5, 5.41) is 7.04. The van der Waals surface area contributed by atoms with E-state index < -0.39 is 21.6 Å². The molecule has 2 heterocycles. The third-order valence-corrected chi connectivity index (χ3v) is 6.24. The van der Waals surface area contributed by atoms with E-state index in [1.807, 2.05) is 0 Å². The van der Waals surface area contributed by atoms with Crippen LogP contribution < -0.4 is 15.7 Å². The standard InChI is InChI=1S/C18H25N5O5S/c1-21-17(13-7-6-10-22(11-13)29(3,26)27)20-23(18(21)25)12-16(24)19-14-8-4-5-9-15(14)28-2/h4-5,8-9,13H,6-7,10-12H2,1-3H3,(H,19,24). The molecule has 1 aliphatic rings. The van der Waals surface area contributed by atoms with Crippen LogP contribution in [0.1, 0.15) is 24.6 Å². The quantitative estimate of drug-likeness (QED) is 0.718. The van der Waals surface area contributed by atoms with E-state index in [0.717, 1.165) is 11.1 Å². The van der Waals surface area contributed by atoms with Crippen molar-refractivity contribution in [2.45, 2.75) is 25.3 Å². The van der Waals surface area contributed by atoms with Gasteiger partial charge in [0.1, 0.15) is 18.1 Å². The van der Waals surface area contributed by atoms with Crippen LogP contribution in [0.5, 0.6) is 5.75 Å². The second kappa shape index (κ2) is 8.37. The summed E-state index contributed by atoms with van der Waals surface area (Å²) in [4.78, 5) is 25.0. The van der Waals surface area contributed by atoms with E-state index in [1.165, 1.54) is 22.2 Å². The van der Waals surface area contributed by atoms with Gasteiger partial charge >= 0.3 is 5.69 Å². The number of carbonyl (C=O) groups is 1. The fourth-order valence-corrected chi connectivity index (χ4v) is 4.40. The summed E-state index contributed by atoms with van der Waals surface area (Å²) in [6.07, 6.45) is 2.59. The number of rotatable bonds is 6. The Morgan fingerprint density at radius 3 is 2.76 bits per heavy atom. The van der Waals surface area contributed by atoms with Gasteiger partial charge in [0.2, 0.25) is 15.9 Å².